The molecule has 1 aliphatic rings. The van der Waals surface area contributed by atoms with Crippen LogP contribution in [-0.2, 0) is 11.3 Å². The molecule has 0 spiro atoms. The molecule has 0 radical (unpaired) electrons. The number of ether oxygens (including phenoxy) is 1. The lowest BCUT2D eigenvalue weighted by atomic mass is 9.86. The van der Waals surface area contributed by atoms with Crippen LogP contribution in [0.4, 0.5) is 10.7 Å². The van der Waals surface area contributed by atoms with Crippen molar-refractivity contribution < 1.29 is 9.53 Å². The van der Waals surface area contributed by atoms with Crippen LogP contribution in [-0.4, -0.2) is 44.5 Å². The number of carbonyl (C=O) groups excluding carboxylic acids is 1. The molecule has 0 bridgehead atoms. The number of benzene rings is 1. The van der Waals surface area contributed by atoms with Gasteiger partial charge in [0.1, 0.15) is 11.3 Å². The number of hydrogen-bond acceptors (Lipinski definition) is 6. The van der Waals surface area contributed by atoms with Crippen molar-refractivity contribution in [3.05, 3.63) is 36.5 Å². The van der Waals surface area contributed by atoms with E-state index in [1.165, 1.54) is 0 Å². The summed E-state index contributed by atoms with van der Waals surface area (Å²) in [7, 11) is 1.82. The Balaban J connectivity index is 1.47. The molecule has 0 unspecified atom stereocenters. The molecular formula is C24H32N6O2. The summed E-state index contributed by atoms with van der Waals surface area (Å²) in [5.74, 6) is 1.06. The fourth-order valence-corrected chi connectivity index (χ4v) is 4.22. The number of hydrogen-bond donors (Lipinski definition) is 2. The fraction of sp³-hybridized carbons (Fsp3) is 0.500. The minimum Gasteiger partial charge on any atom is -0.444 e. The van der Waals surface area contributed by atoms with Gasteiger partial charge in [-0.15, -0.1) is 0 Å². The van der Waals surface area contributed by atoms with Crippen molar-refractivity contribution >= 4 is 23.1 Å². The van der Waals surface area contributed by atoms with Gasteiger partial charge in [0, 0.05) is 31.4 Å². The van der Waals surface area contributed by atoms with Crippen LogP contribution in [0.2, 0.25) is 0 Å². The van der Waals surface area contributed by atoms with E-state index in [1.807, 2.05) is 56.9 Å². The predicted molar refractivity (Wildman–Crippen MR) is 125 cm³/mol. The zero-order valence-corrected chi connectivity index (χ0v) is 19.3. The number of nitrogens with zero attached hydrogens (tertiary/aromatic N) is 4. The average Bonchev–Trinajstić information content (AvgIpc) is 3.12. The number of fused-ring (bicyclic) bond motifs is 1. The lowest BCUT2D eigenvalue weighted by molar-refractivity contribution is 0.0486. The molecule has 1 aliphatic carbocycles. The Morgan fingerprint density at radius 3 is 2.53 bits per heavy atom. The Morgan fingerprint density at radius 2 is 1.88 bits per heavy atom. The highest BCUT2D eigenvalue weighted by Crippen LogP contribution is 2.30. The Labute approximate surface area is 188 Å². The van der Waals surface area contributed by atoms with Crippen LogP contribution in [0, 0.1) is 5.92 Å². The summed E-state index contributed by atoms with van der Waals surface area (Å²) < 4.78 is 7.41. The smallest absolute Gasteiger partial charge is 0.407 e. The maximum Gasteiger partial charge on any atom is 0.407 e. The first kappa shape index (κ1) is 22.0. The molecule has 1 fully saturated rings. The van der Waals surface area contributed by atoms with Gasteiger partial charge in [-0.05, 0) is 52.4 Å². The van der Waals surface area contributed by atoms with Crippen LogP contribution in [0.25, 0.3) is 22.3 Å². The largest absolute Gasteiger partial charge is 0.444 e. The van der Waals surface area contributed by atoms with Crippen LogP contribution < -0.4 is 10.6 Å². The maximum absolute atomic E-state index is 12.1. The SMILES string of the molecule is CNc1ncc2c(-c3ccccc3)nn(CC3CCC(NC(=O)OC(C)(C)C)CC3)c2n1. The highest BCUT2D eigenvalue weighted by Gasteiger charge is 2.26. The Bertz CT molecular complexity index is 1070. The Morgan fingerprint density at radius 1 is 1.16 bits per heavy atom. The zero-order valence-electron chi connectivity index (χ0n) is 19.3. The van der Waals surface area contributed by atoms with Crippen molar-refractivity contribution in [3.8, 4) is 11.3 Å². The molecule has 8 heteroatoms. The summed E-state index contributed by atoms with van der Waals surface area (Å²) in [5.41, 5.74) is 2.33. The molecular weight excluding hydrogens is 404 g/mol. The first-order chi connectivity index (χ1) is 15.3. The quantitative estimate of drug-likeness (QED) is 0.606. The number of anilines is 1. The molecule has 2 N–H and O–H groups in total. The van der Waals surface area contributed by atoms with E-state index in [-0.39, 0.29) is 12.1 Å². The molecule has 2 aromatic heterocycles. The van der Waals surface area contributed by atoms with Crippen molar-refractivity contribution in [3.63, 3.8) is 0 Å². The van der Waals surface area contributed by atoms with Crippen molar-refractivity contribution in [2.24, 2.45) is 5.92 Å². The number of amides is 1. The third-order valence-electron chi connectivity index (χ3n) is 5.76. The fourth-order valence-electron chi connectivity index (χ4n) is 4.22. The van der Waals surface area contributed by atoms with Crippen molar-refractivity contribution in [2.45, 2.75) is 64.6 Å². The van der Waals surface area contributed by atoms with E-state index >= 15 is 0 Å². The summed E-state index contributed by atoms with van der Waals surface area (Å²) in [6.07, 6.45) is 5.43. The van der Waals surface area contributed by atoms with E-state index in [0.29, 0.717) is 11.9 Å². The first-order valence-corrected chi connectivity index (χ1v) is 11.3. The van der Waals surface area contributed by atoms with E-state index in [0.717, 1.165) is 54.5 Å². The minimum atomic E-state index is -0.479. The van der Waals surface area contributed by atoms with Gasteiger partial charge in [-0.2, -0.15) is 10.1 Å². The third-order valence-corrected chi connectivity index (χ3v) is 5.76. The standard InChI is InChI=1S/C24H32N6O2/c1-24(2,3)32-23(31)27-18-12-10-16(11-13-18)15-30-21-19(14-26-22(25-4)28-21)20(29-30)17-8-6-5-7-9-17/h5-9,14,16,18H,10-13,15H2,1-4H3,(H,27,31)(H,25,26,28). The third kappa shape index (κ3) is 5.18. The molecule has 4 rings (SSSR count). The molecule has 1 amide bonds. The summed E-state index contributed by atoms with van der Waals surface area (Å²) in [4.78, 5) is 21.2. The number of carbonyl (C=O) groups is 1. The predicted octanol–water partition coefficient (Wildman–Crippen LogP) is 4.62. The van der Waals surface area contributed by atoms with Gasteiger partial charge in [-0.3, -0.25) is 0 Å². The van der Waals surface area contributed by atoms with Gasteiger partial charge in [0.05, 0.1) is 5.39 Å². The summed E-state index contributed by atoms with van der Waals surface area (Å²) >= 11 is 0. The second kappa shape index (κ2) is 9.14. The topological polar surface area (TPSA) is 94.0 Å². The van der Waals surface area contributed by atoms with Crippen LogP contribution in [0.15, 0.2) is 36.5 Å². The van der Waals surface area contributed by atoms with Gasteiger partial charge in [-0.1, -0.05) is 30.3 Å². The van der Waals surface area contributed by atoms with Gasteiger partial charge >= 0.3 is 6.09 Å². The second-order valence-electron chi connectivity index (χ2n) is 9.44. The minimum absolute atomic E-state index is 0.161. The Hall–Kier alpha value is -3.16. The summed E-state index contributed by atoms with van der Waals surface area (Å²) in [5, 5.41) is 11.9. The number of aromatic nitrogens is 4. The molecule has 170 valence electrons. The molecule has 32 heavy (non-hydrogen) atoms. The van der Waals surface area contributed by atoms with Crippen molar-refractivity contribution in [2.75, 3.05) is 12.4 Å². The lowest BCUT2D eigenvalue weighted by Crippen LogP contribution is -2.41. The van der Waals surface area contributed by atoms with Gasteiger partial charge in [0.2, 0.25) is 5.95 Å². The van der Waals surface area contributed by atoms with E-state index in [4.69, 9.17) is 14.8 Å². The second-order valence-corrected chi connectivity index (χ2v) is 9.44. The van der Waals surface area contributed by atoms with E-state index in [1.54, 1.807) is 0 Å². The average molecular weight is 437 g/mol. The molecule has 0 saturated heterocycles. The number of nitrogens with one attached hydrogen (secondary N) is 2. The van der Waals surface area contributed by atoms with Crippen LogP contribution in [0.3, 0.4) is 0 Å². The molecule has 0 atom stereocenters. The molecule has 1 aromatic carbocycles. The van der Waals surface area contributed by atoms with Gasteiger partial charge < -0.3 is 15.4 Å². The van der Waals surface area contributed by atoms with Crippen molar-refractivity contribution in [1.82, 2.24) is 25.1 Å². The van der Waals surface area contributed by atoms with Gasteiger partial charge in [0.15, 0.2) is 5.65 Å². The molecule has 3 aromatic rings. The molecule has 2 heterocycles. The zero-order chi connectivity index (χ0) is 22.7. The number of alkyl carbamates (subject to hydrolysis) is 1. The van der Waals surface area contributed by atoms with Crippen molar-refractivity contribution in [1.29, 1.82) is 0 Å². The molecule has 1 saturated carbocycles. The lowest BCUT2D eigenvalue weighted by Gasteiger charge is -2.30. The monoisotopic (exact) mass is 436 g/mol. The molecule has 0 aliphatic heterocycles. The summed E-state index contributed by atoms with van der Waals surface area (Å²) in [6.45, 7) is 6.43. The van der Waals surface area contributed by atoms with Gasteiger partial charge in [-0.25, -0.2) is 14.5 Å². The maximum atomic E-state index is 12.1. The number of rotatable bonds is 5. The van der Waals surface area contributed by atoms with Crippen LogP contribution in [0.1, 0.15) is 46.5 Å². The Kier molecular flexibility index (Phi) is 6.30. The highest BCUT2D eigenvalue weighted by molar-refractivity contribution is 5.91. The van der Waals surface area contributed by atoms with Crippen LogP contribution >= 0.6 is 0 Å². The van der Waals surface area contributed by atoms with Gasteiger partial charge in [0.25, 0.3) is 0 Å². The first-order valence-electron chi connectivity index (χ1n) is 11.3. The van der Waals surface area contributed by atoms with Crippen LogP contribution in [0.5, 0.6) is 0 Å². The molecule has 8 nitrogen and oxygen atoms in total. The van der Waals surface area contributed by atoms with E-state index in [2.05, 4.69) is 27.8 Å². The normalized spacial score (nSPS) is 19.0. The van der Waals surface area contributed by atoms with E-state index in [9.17, 15) is 4.79 Å². The highest BCUT2D eigenvalue weighted by atomic mass is 16.6. The van der Waals surface area contributed by atoms with E-state index < -0.39 is 5.60 Å². The summed E-state index contributed by atoms with van der Waals surface area (Å²) in [6, 6.07) is 10.3.